The summed E-state index contributed by atoms with van der Waals surface area (Å²) in [5, 5.41) is 13.6. The molecular weight excluding hydrogens is 312 g/mol. The smallest absolute Gasteiger partial charge is 0.310 e. The maximum absolute atomic E-state index is 12.5. The van der Waals surface area contributed by atoms with E-state index in [0.29, 0.717) is 10.4 Å². The number of hydrogen-bond acceptors (Lipinski definition) is 5. The van der Waals surface area contributed by atoms with Gasteiger partial charge in [-0.2, -0.15) is 5.26 Å². The van der Waals surface area contributed by atoms with E-state index >= 15 is 0 Å². The van der Waals surface area contributed by atoms with Gasteiger partial charge in [0.1, 0.15) is 10.9 Å². The van der Waals surface area contributed by atoms with E-state index in [2.05, 4.69) is 5.32 Å². The number of amides is 1. The second-order valence-corrected chi connectivity index (χ2v) is 5.86. The number of nitrogens with one attached hydrogen (secondary N) is 1. The number of esters is 1. The Bertz CT molecular complexity index is 734. The quantitative estimate of drug-likeness (QED) is 0.856. The van der Waals surface area contributed by atoms with Gasteiger partial charge in [-0.25, -0.2) is 0 Å². The topological polar surface area (TPSA) is 79.2 Å². The van der Waals surface area contributed by atoms with Crippen molar-refractivity contribution in [3.8, 4) is 6.07 Å². The van der Waals surface area contributed by atoms with Gasteiger partial charge in [-0.1, -0.05) is 30.3 Å². The highest BCUT2D eigenvalue weighted by atomic mass is 32.1. The first kappa shape index (κ1) is 16.7. The van der Waals surface area contributed by atoms with Crippen molar-refractivity contribution in [2.75, 3.05) is 7.11 Å². The number of carbonyl (C=O) groups is 2. The van der Waals surface area contributed by atoms with Gasteiger partial charge in [0.05, 0.1) is 24.6 Å². The van der Waals surface area contributed by atoms with Crippen molar-refractivity contribution in [1.82, 2.24) is 5.32 Å². The van der Waals surface area contributed by atoms with Crippen LogP contribution < -0.4 is 5.32 Å². The Kier molecular flexibility index (Phi) is 5.50. The van der Waals surface area contributed by atoms with E-state index in [0.717, 1.165) is 5.56 Å². The third kappa shape index (κ3) is 3.76. The average molecular weight is 328 g/mol. The lowest BCUT2D eigenvalue weighted by Crippen LogP contribution is -2.36. The highest BCUT2D eigenvalue weighted by molar-refractivity contribution is 7.12. The zero-order chi connectivity index (χ0) is 16.8. The predicted molar refractivity (Wildman–Crippen MR) is 86.9 cm³/mol. The zero-order valence-corrected chi connectivity index (χ0v) is 13.6. The van der Waals surface area contributed by atoms with E-state index in [1.807, 2.05) is 36.4 Å². The second-order valence-electron chi connectivity index (χ2n) is 4.95. The normalized spacial score (nSPS) is 12.7. The minimum absolute atomic E-state index is 0.324. The number of nitriles is 1. The highest BCUT2D eigenvalue weighted by Crippen LogP contribution is 2.25. The summed E-state index contributed by atoms with van der Waals surface area (Å²) in [7, 11) is 1.32. The molecule has 1 amide bonds. The molecule has 0 aliphatic heterocycles. The summed E-state index contributed by atoms with van der Waals surface area (Å²) in [5.74, 6) is -1.34. The molecule has 0 saturated heterocycles. The zero-order valence-electron chi connectivity index (χ0n) is 12.8. The molecule has 0 saturated carbocycles. The molecule has 118 valence electrons. The third-order valence-electron chi connectivity index (χ3n) is 3.51. The molecule has 0 radical (unpaired) electrons. The first-order valence-corrected chi connectivity index (χ1v) is 7.87. The van der Waals surface area contributed by atoms with Gasteiger partial charge in [0.25, 0.3) is 5.91 Å². The molecule has 1 aromatic heterocycles. The summed E-state index contributed by atoms with van der Waals surface area (Å²) in [4.78, 5) is 24.7. The second kappa shape index (κ2) is 7.56. The van der Waals surface area contributed by atoms with Crippen molar-refractivity contribution in [2.45, 2.75) is 13.0 Å². The Morgan fingerprint density at radius 2 is 1.96 bits per heavy atom. The molecule has 0 bridgehead atoms. The van der Waals surface area contributed by atoms with Gasteiger partial charge in [0.15, 0.2) is 0 Å². The minimum atomic E-state index is -0.558. The molecular formula is C17H16N2O3S. The Hall–Kier alpha value is -2.65. The van der Waals surface area contributed by atoms with Gasteiger partial charge in [0, 0.05) is 0 Å². The molecule has 1 heterocycles. The van der Waals surface area contributed by atoms with Gasteiger partial charge in [-0.15, -0.1) is 11.3 Å². The van der Waals surface area contributed by atoms with Crippen LogP contribution >= 0.6 is 11.3 Å². The van der Waals surface area contributed by atoms with Crippen molar-refractivity contribution in [3.63, 3.8) is 0 Å². The maximum atomic E-state index is 12.5. The summed E-state index contributed by atoms with van der Waals surface area (Å²) in [6, 6.07) is 12.3. The van der Waals surface area contributed by atoms with Crippen LogP contribution in [0, 0.1) is 17.2 Å². The SMILES string of the molecule is COC(=O)C(C)C(NC(=O)c1sccc1C#N)c1ccccc1. The van der Waals surface area contributed by atoms with Crippen LogP contribution in [0.1, 0.15) is 33.8 Å². The number of rotatable bonds is 5. The van der Waals surface area contributed by atoms with Crippen molar-refractivity contribution in [1.29, 1.82) is 5.26 Å². The number of ether oxygens (including phenoxy) is 1. The molecule has 2 aromatic rings. The number of benzene rings is 1. The van der Waals surface area contributed by atoms with Crippen molar-refractivity contribution < 1.29 is 14.3 Å². The average Bonchev–Trinajstić information content (AvgIpc) is 3.07. The number of hydrogen-bond donors (Lipinski definition) is 1. The Balaban J connectivity index is 2.30. The first-order chi connectivity index (χ1) is 11.1. The van der Waals surface area contributed by atoms with Crippen molar-refractivity contribution >= 4 is 23.2 Å². The van der Waals surface area contributed by atoms with Crippen molar-refractivity contribution in [2.24, 2.45) is 5.92 Å². The number of thiophene rings is 1. The van der Waals surface area contributed by atoms with Crippen LogP contribution in [0.3, 0.4) is 0 Å². The molecule has 5 nitrogen and oxygen atoms in total. The molecule has 1 aromatic carbocycles. The van der Waals surface area contributed by atoms with Crippen LogP contribution in [-0.4, -0.2) is 19.0 Å². The molecule has 0 fully saturated rings. The Labute approximate surface area is 138 Å². The van der Waals surface area contributed by atoms with E-state index in [4.69, 9.17) is 10.00 Å². The molecule has 0 spiro atoms. The summed E-state index contributed by atoms with van der Waals surface area (Å²) in [5.41, 5.74) is 1.12. The Morgan fingerprint density at radius 3 is 2.57 bits per heavy atom. The van der Waals surface area contributed by atoms with E-state index in [9.17, 15) is 9.59 Å². The fourth-order valence-electron chi connectivity index (χ4n) is 2.26. The fourth-order valence-corrected chi connectivity index (χ4v) is 3.01. The number of nitrogens with zero attached hydrogens (tertiary/aromatic N) is 1. The van der Waals surface area contributed by atoms with E-state index in [1.165, 1.54) is 18.4 Å². The minimum Gasteiger partial charge on any atom is -0.469 e. The molecule has 0 aliphatic carbocycles. The number of carbonyl (C=O) groups excluding carboxylic acids is 2. The van der Waals surface area contributed by atoms with E-state index < -0.39 is 17.9 Å². The van der Waals surface area contributed by atoms with E-state index in [1.54, 1.807) is 18.4 Å². The lowest BCUT2D eigenvalue weighted by atomic mass is 9.94. The summed E-state index contributed by atoms with van der Waals surface area (Å²) in [6.45, 7) is 1.70. The van der Waals surface area contributed by atoms with Crippen LogP contribution in [0.4, 0.5) is 0 Å². The molecule has 6 heteroatoms. The lowest BCUT2D eigenvalue weighted by Gasteiger charge is -2.23. The van der Waals surface area contributed by atoms with Gasteiger partial charge in [-0.05, 0) is 23.9 Å². The molecule has 2 atom stereocenters. The number of methoxy groups -OCH3 is 1. The van der Waals surface area contributed by atoms with Gasteiger partial charge in [-0.3, -0.25) is 9.59 Å². The van der Waals surface area contributed by atoms with Gasteiger partial charge < -0.3 is 10.1 Å². The van der Waals surface area contributed by atoms with Crippen molar-refractivity contribution in [3.05, 3.63) is 57.8 Å². The van der Waals surface area contributed by atoms with Crippen LogP contribution in [0.15, 0.2) is 41.8 Å². The molecule has 1 N–H and O–H groups in total. The van der Waals surface area contributed by atoms with Gasteiger partial charge >= 0.3 is 5.97 Å². The summed E-state index contributed by atoms with van der Waals surface area (Å²) < 4.78 is 4.79. The van der Waals surface area contributed by atoms with Crippen LogP contribution in [-0.2, 0) is 9.53 Å². The maximum Gasteiger partial charge on any atom is 0.310 e. The van der Waals surface area contributed by atoms with Crippen LogP contribution in [0.2, 0.25) is 0 Å². The summed E-state index contributed by atoms with van der Waals surface area (Å²) >= 11 is 1.19. The molecule has 2 unspecified atom stereocenters. The fraction of sp³-hybridized carbons (Fsp3) is 0.235. The van der Waals surface area contributed by atoms with Gasteiger partial charge in [0.2, 0.25) is 0 Å². The predicted octanol–water partition coefficient (Wildman–Crippen LogP) is 2.90. The largest absolute Gasteiger partial charge is 0.469 e. The monoisotopic (exact) mass is 328 g/mol. The first-order valence-electron chi connectivity index (χ1n) is 6.99. The summed E-state index contributed by atoms with van der Waals surface area (Å²) in [6.07, 6.45) is 0. The molecule has 2 rings (SSSR count). The third-order valence-corrected chi connectivity index (χ3v) is 4.42. The van der Waals surface area contributed by atoms with Crippen LogP contribution in [0.5, 0.6) is 0 Å². The highest BCUT2D eigenvalue weighted by Gasteiger charge is 2.29. The Morgan fingerprint density at radius 1 is 1.26 bits per heavy atom. The molecule has 0 aliphatic rings. The lowest BCUT2D eigenvalue weighted by molar-refractivity contribution is -0.145. The molecule has 23 heavy (non-hydrogen) atoms. The standard InChI is InChI=1S/C17H16N2O3S/c1-11(17(21)22-2)14(12-6-4-3-5-7-12)19-16(20)15-13(10-18)8-9-23-15/h3-9,11,14H,1-2H3,(H,19,20). The van der Waals surface area contributed by atoms with Crippen LogP contribution in [0.25, 0.3) is 0 Å². The van der Waals surface area contributed by atoms with E-state index in [-0.39, 0.29) is 5.91 Å².